The molecular weight excluding hydrogens is 126 g/mol. The summed E-state index contributed by atoms with van der Waals surface area (Å²) in [6.45, 7) is 3.12. The van der Waals surface area contributed by atoms with E-state index in [2.05, 4.69) is 12.2 Å². The van der Waals surface area contributed by atoms with Gasteiger partial charge in [0.2, 0.25) is 5.91 Å². The Morgan fingerprint density at radius 3 is 3.10 bits per heavy atom. The molecule has 10 heavy (non-hydrogen) atoms. The second-order valence-electron chi connectivity index (χ2n) is 3.14. The minimum absolute atomic E-state index is 0.229. The maximum atomic E-state index is 10.8. The Bertz CT molecular complexity index is 110. The maximum absolute atomic E-state index is 10.8. The Labute approximate surface area is 62.0 Å². The van der Waals surface area contributed by atoms with E-state index in [1.54, 1.807) is 0 Å². The molecule has 1 saturated heterocycles. The summed E-state index contributed by atoms with van der Waals surface area (Å²) in [5, 5.41) is 2.88. The molecule has 0 spiro atoms. The largest absolute Gasteiger partial charge is 0.356 e. The average Bonchev–Trinajstić information content (AvgIpc) is 1.84. The Kier molecular flexibility index (Phi) is 2.72. The van der Waals surface area contributed by atoms with E-state index >= 15 is 0 Å². The normalized spacial score (nSPS) is 28.5. The minimum atomic E-state index is 0.229. The van der Waals surface area contributed by atoms with Crippen LogP contribution in [0.1, 0.15) is 32.6 Å². The predicted octanol–water partition coefficient (Wildman–Crippen LogP) is 1.31. The van der Waals surface area contributed by atoms with E-state index in [-0.39, 0.29) is 5.91 Å². The van der Waals surface area contributed by atoms with Crippen molar-refractivity contribution in [2.24, 2.45) is 5.92 Å². The van der Waals surface area contributed by atoms with E-state index in [9.17, 15) is 4.79 Å². The molecule has 2 nitrogen and oxygen atoms in total. The van der Waals surface area contributed by atoms with Gasteiger partial charge in [-0.25, -0.2) is 0 Å². The van der Waals surface area contributed by atoms with E-state index < -0.39 is 0 Å². The van der Waals surface area contributed by atoms with Crippen LogP contribution < -0.4 is 5.32 Å². The van der Waals surface area contributed by atoms with Gasteiger partial charge < -0.3 is 5.32 Å². The number of nitrogens with one attached hydrogen (secondary N) is 1. The summed E-state index contributed by atoms with van der Waals surface area (Å²) >= 11 is 0. The molecule has 0 radical (unpaired) electrons. The van der Waals surface area contributed by atoms with E-state index in [1.165, 1.54) is 6.42 Å². The van der Waals surface area contributed by atoms with Crippen molar-refractivity contribution in [2.45, 2.75) is 32.6 Å². The third kappa shape index (κ3) is 2.38. The SMILES string of the molecule is CC1CCCC(=O)NCC1. The van der Waals surface area contributed by atoms with Crippen LogP contribution in [0.4, 0.5) is 0 Å². The molecule has 1 aliphatic heterocycles. The van der Waals surface area contributed by atoms with E-state index in [0.717, 1.165) is 31.7 Å². The summed E-state index contributed by atoms with van der Waals surface area (Å²) < 4.78 is 0. The lowest BCUT2D eigenvalue weighted by Gasteiger charge is -2.15. The molecule has 1 aliphatic rings. The number of carbonyl (C=O) groups is 1. The van der Waals surface area contributed by atoms with Gasteiger partial charge in [0.25, 0.3) is 0 Å². The number of rotatable bonds is 0. The maximum Gasteiger partial charge on any atom is 0.219 e. The monoisotopic (exact) mass is 141 g/mol. The van der Waals surface area contributed by atoms with Gasteiger partial charge in [-0.3, -0.25) is 4.79 Å². The third-order valence-electron chi connectivity index (χ3n) is 2.06. The molecule has 0 aliphatic carbocycles. The zero-order valence-electron chi connectivity index (χ0n) is 6.52. The summed E-state index contributed by atoms with van der Waals surface area (Å²) in [4.78, 5) is 10.8. The Morgan fingerprint density at radius 2 is 2.30 bits per heavy atom. The molecule has 1 fully saturated rings. The Morgan fingerprint density at radius 1 is 1.50 bits per heavy atom. The lowest BCUT2D eigenvalue weighted by atomic mass is 9.99. The molecule has 1 N–H and O–H groups in total. The van der Waals surface area contributed by atoms with Crippen LogP contribution in [-0.4, -0.2) is 12.5 Å². The Hall–Kier alpha value is -0.530. The van der Waals surface area contributed by atoms with Gasteiger partial charge >= 0.3 is 0 Å². The molecule has 1 atom stereocenters. The number of hydrogen-bond acceptors (Lipinski definition) is 1. The van der Waals surface area contributed by atoms with Gasteiger partial charge in [-0.2, -0.15) is 0 Å². The van der Waals surface area contributed by atoms with E-state index in [1.807, 2.05) is 0 Å². The van der Waals surface area contributed by atoms with Crippen molar-refractivity contribution in [3.05, 3.63) is 0 Å². The highest BCUT2D eigenvalue weighted by molar-refractivity contribution is 5.75. The molecule has 0 aromatic rings. The lowest BCUT2D eigenvalue weighted by molar-refractivity contribution is -0.121. The second kappa shape index (κ2) is 3.59. The highest BCUT2D eigenvalue weighted by Crippen LogP contribution is 2.12. The van der Waals surface area contributed by atoms with Crippen LogP contribution in [0.3, 0.4) is 0 Å². The van der Waals surface area contributed by atoms with Gasteiger partial charge in [0.1, 0.15) is 0 Å². The predicted molar refractivity (Wildman–Crippen MR) is 40.6 cm³/mol. The fourth-order valence-electron chi connectivity index (χ4n) is 1.30. The van der Waals surface area contributed by atoms with Crippen LogP contribution >= 0.6 is 0 Å². The second-order valence-corrected chi connectivity index (χ2v) is 3.14. The van der Waals surface area contributed by atoms with Crippen molar-refractivity contribution in [3.63, 3.8) is 0 Å². The van der Waals surface area contributed by atoms with Gasteiger partial charge in [0.15, 0.2) is 0 Å². The molecular formula is C8H15NO. The smallest absolute Gasteiger partial charge is 0.219 e. The van der Waals surface area contributed by atoms with E-state index in [0.29, 0.717) is 0 Å². The number of amides is 1. The summed E-state index contributed by atoms with van der Waals surface area (Å²) in [7, 11) is 0. The lowest BCUT2D eigenvalue weighted by Crippen LogP contribution is -2.27. The van der Waals surface area contributed by atoms with Crippen LogP contribution in [0.2, 0.25) is 0 Å². The number of carbonyl (C=O) groups excluding carboxylic acids is 1. The molecule has 1 heterocycles. The van der Waals surface area contributed by atoms with Crippen molar-refractivity contribution < 1.29 is 4.79 Å². The topological polar surface area (TPSA) is 29.1 Å². The fraction of sp³-hybridized carbons (Fsp3) is 0.875. The quantitative estimate of drug-likeness (QED) is 0.541. The van der Waals surface area contributed by atoms with Gasteiger partial charge in [0.05, 0.1) is 0 Å². The van der Waals surface area contributed by atoms with Crippen molar-refractivity contribution >= 4 is 5.91 Å². The van der Waals surface area contributed by atoms with Gasteiger partial charge in [-0.15, -0.1) is 0 Å². The molecule has 1 amide bonds. The molecule has 1 unspecified atom stereocenters. The first-order valence-electron chi connectivity index (χ1n) is 4.06. The van der Waals surface area contributed by atoms with E-state index in [4.69, 9.17) is 0 Å². The summed E-state index contributed by atoms with van der Waals surface area (Å²) in [5.41, 5.74) is 0. The first-order chi connectivity index (χ1) is 4.79. The van der Waals surface area contributed by atoms with Crippen LogP contribution in [0.15, 0.2) is 0 Å². The Balaban J connectivity index is 2.27. The molecule has 0 aromatic heterocycles. The van der Waals surface area contributed by atoms with Gasteiger partial charge in [-0.05, 0) is 18.8 Å². The zero-order valence-corrected chi connectivity index (χ0v) is 6.52. The van der Waals surface area contributed by atoms with Gasteiger partial charge in [-0.1, -0.05) is 13.3 Å². The molecule has 1 rings (SSSR count). The van der Waals surface area contributed by atoms with Crippen molar-refractivity contribution in [1.29, 1.82) is 0 Å². The number of hydrogen-bond donors (Lipinski definition) is 1. The van der Waals surface area contributed by atoms with Crippen molar-refractivity contribution in [1.82, 2.24) is 5.32 Å². The summed E-state index contributed by atoms with van der Waals surface area (Å²) in [6.07, 6.45) is 4.15. The van der Waals surface area contributed by atoms with Gasteiger partial charge in [0, 0.05) is 13.0 Å². The summed E-state index contributed by atoms with van der Waals surface area (Å²) in [5.74, 6) is 1.02. The van der Waals surface area contributed by atoms with Crippen molar-refractivity contribution in [3.8, 4) is 0 Å². The molecule has 2 heteroatoms. The van der Waals surface area contributed by atoms with Crippen LogP contribution in [-0.2, 0) is 4.79 Å². The standard InChI is InChI=1S/C8H15NO/c1-7-3-2-4-8(10)9-6-5-7/h7H,2-6H2,1H3,(H,9,10). The zero-order chi connectivity index (χ0) is 7.40. The fourth-order valence-corrected chi connectivity index (χ4v) is 1.30. The summed E-state index contributed by atoms with van der Waals surface area (Å²) in [6, 6.07) is 0. The highest BCUT2D eigenvalue weighted by atomic mass is 16.1. The van der Waals surface area contributed by atoms with Crippen molar-refractivity contribution in [2.75, 3.05) is 6.54 Å². The third-order valence-corrected chi connectivity index (χ3v) is 2.06. The van der Waals surface area contributed by atoms with Crippen LogP contribution in [0.25, 0.3) is 0 Å². The van der Waals surface area contributed by atoms with Crippen LogP contribution in [0.5, 0.6) is 0 Å². The molecule has 0 aromatic carbocycles. The minimum Gasteiger partial charge on any atom is -0.356 e. The highest BCUT2D eigenvalue weighted by Gasteiger charge is 2.08. The van der Waals surface area contributed by atoms with Crippen LogP contribution in [0, 0.1) is 5.92 Å². The first-order valence-corrected chi connectivity index (χ1v) is 4.06. The molecule has 58 valence electrons. The molecule has 0 saturated carbocycles. The average molecular weight is 141 g/mol. The first kappa shape index (κ1) is 7.58. The molecule has 0 bridgehead atoms.